The van der Waals surface area contributed by atoms with Crippen LogP contribution in [0.2, 0.25) is 5.02 Å². The second-order valence-corrected chi connectivity index (χ2v) is 8.35. The number of para-hydroxylation sites is 4. The summed E-state index contributed by atoms with van der Waals surface area (Å²) < 4.78 is 7.97. The maximum atomic E-state index is 13.1. The van der Waals surface area contributed by atoms with E-state index in [1.807, 2.05) is 78.6 Å². The summed E-state index contributed by atoms with van der Waals surface area (Å²) in [7, 11) is 0. The molecule has 0 radical (unpaired) electrons. The molecule has 1 unspecified atom stereocenters. The van der Waals surface area contributed by atoms with Gasteiger partial charge in [-0.2, -0.15) is 0 Å². The van der Waals surface area contributed by atoms with Crippen molar-refractivity contribution in [2.24, 2.45) is 0 Å². The van der Waals surface area contributed by atoms with Crippen LogP contribution in [-0.4, -0.2) is 28.6 Å². The smallest absolute Gasteiger partial charge is 0.227 e. The molecule has 1 saturated heterocycles. The highest BCUT2D eigenvalue weighted by Crippen LogP contribution is 2.37. The number of aromatic nitrogens is 2. The minimum Gasteiger partial charge on any atom is -0.492 e. The molecular formula is C26H24ClN3O2. The van der Waals surface area contributed by atoms with Crippen LogP contribution in [0.5, 0.6) is 5.75 Å². The van der Waals surface area contributed by atoms with Crippen molar-refractivity contribution < 1.29 is 9.53 Å². The van der Waals surface area contributed by atoms with Crippen molar-refractivity contribution in [1.29, 1.82) is 0 Å². The van der Waals surface area contributed by atoms with Crippen molar-refractivity contribution in [2.45, 2.75) is 25.8 Å². The number of fused-ring (bicyclic) bond motifs is 1. The third-order valence-corrected chi connectivity index (χ3v) is 6.29. The van der Waals surface area contributed by atoms with E-state index in [-0.39, 0.29) is 11.8 Å². The first kappa shape index (κ1) is 20.6. The third-order valence-electron chi connectivity index (χ3n) is 5.92. The molecule has 0 spiro atoms. The highest BCUT2D eigenvalue weighted by Gasteiger charge is 2.36. The van der Waals surface area contributed by atoms with Gasteiger partial charge in [-0.05, 0) is 42.8 Å². The zero-order chi connectivity index (χ0) is 22.1. The molecule has 5 rings (SSSR count). The van der Waals surface area contributed by atoms with E-state index >= 15 is 0 Å². The number of amides is 1. The van der Waals surface area contributed by atoms with Gasteiger partial charge < -0.3 is 14.2 Å². The lowest BCUT2D eigenvalue weighted by atomic mass is 10.1. The Morgan fingerprint density at radius 1 is 1.03 bits per heavy atom. The molecule has 6 heteroatoms. The lowest BCUT2D eigenvalue weighted by Gasteiger charge is -2.20. The van der Waals surface area contributed by atoms with E-state index in [1.54, 1.807) is 0 Å². The number of halogens is 1. The maximum Gasteiger partial charge on any atom is 0.227 e. The topological polar surface area (TPSA) is 47.4 Å². The second-order valence-electron chi connectivity index (χ2n) is 7.94. The highest BCUT2D eigenvalue weighted by molar-refractivity contribution is 6.31. The molecule has 1 aliphatic heterocycles. The standard InChI is InChI=1S/C26H24ClN3O2/c1-2-32-24-14-8-7-13-23(24)29-17-19(15-25(29)31)26-28-21-11-5-6-12-22(21)30(26)16-18-9-3-4-10-20(18)27/h3-14,19H,2,15-17H2,1H3. The Morgan fingerprint density at radius 3 is 2.62 bits per heavy atom. The predicted molar refractivity (Wildman–Crippen MR) is 128 cm³/mol. The number of hydrogen-bond donors (Lipinski definition) is 0. The van der Waals surface area contributed by atoms with E-state index in [1.165, 1.54) is 0 Å². The van der Waals surface area contributed by atoms with Crippen LogP contribution in [0.15, 0.2) is 72.8 Å². The average Bonchev–Trinajstić information content (AvgIpc) is 3.36. The number of nitrogens with zero attached hydrogens (tertiary/aromatic N) is 3. The summed E-state index contributed by atoms with van der Waals surface area (Å²) in [5.41, 5.74) is 3.82. The fourth-order valence-electron chi connectivity index (χ4n) is 4.44. The van der Waals surface area contributed by atoms with Gasteiger partial charge in [-0.15, -0.1) is 0 Å². The molecule has 0 saturated carbocycles. The van der Waals surface area contributed by atoms with Crippen LogP contribution in [0.3, 0.4) is 0 Å². The van der Waals surface area contributed by atoms with E-state index in [2.05, 4.69) is 10.6 Å². The molecule has 1 atom stereocenters. The highest BCUT2D eigenvalue weighted by atomic mass is 35.5. The normalized spacial score (nSPS) is 16.1. The second kappa shape index (κ2) is 8.67. The number of ether oxygens (including phenoxy) is 1. The summed E-state index contributed by atoms with van der Waals surface area (Å²) in [6.07, 6.45) is 0.409. The van der Waals surface area contributed by atoms with Crippen LogP contribution in [0.1, 0.15) is 30.7 Å². The summed E-state index contributed by atoms with van der Waals surface area (Å²) in [5.74, 6) is 1.70. The van der Waals surface area contributed by atoms with Crippen LogP contribution in [0.25, 0.3) is 11.0 Å². The summed E-state index contributed by atoms with van der Waals surface area (Å²) in [6.45, 7) is 3.67. The van der Waals surface area contributed by atoms with Gasteiger partial charge in [0.05, 0.1) is 29.9 Å². The molecule has 1 aromatic heterocycles. The monoisotopic (exact) mass is 445 g/mol. The van der Waals surface area contributed by atoms with E-state index in [0.29, 0.717) is 26.1 Å². The van der Waals surface area contributed by atoms with Crippen LogP contribution in [0.4, 0.5) is 5.69 Å². The Morgan fingerprint density at radius 2 is 1.78 bits per heavy atom. The van der Waals surface area contributed by atoms with Crippen molar-refractivity contribution >= 4 is 34.2 Å². The summed E-state index contributed by atoms with van der Waals surface area (Å²) in [4.78, 5) is 19.8. The predicted octanol–water partition coefficient (Wildman–Crippen LogP) is 5.66. The van der Waals surface area contributed by atoms with Crippen LogP contribution < -0.4 is 9.64 Å². The largest absolute Gasteiger partial charge is 0.492 e. The van der Waals surface area contributed by atoms with E-state index in [9.17, 15) is 4.79 Å². The molecule has 1 fully saturated rings. The van der Waals surface area contributed by atoms with Gasteiger partial charge in [0.1, 0.15) is 11.6 Å². The van der Waals surface area contributed by atoms with E-state index in [4.69, 9.17) is 21.3 Å². The molecule has 5 nitrogen and oxygen atoms in total. The van der Waals surface area contributed by atoms with Gasteiger partial charge in [0.25, 0.3) is 0 Å². The van der Waals surface area contributed by atoms with E-state index in [0.717, 1.165) is 38.9 Å². The molecule has 1 aliphatic rings. The van der Waals surface area contributed by atoms with Gasteiger partial charge in [-0.25, -0.2) is 4.98 Å². The van der Waals surface area contributed by atoms with Crippen molar-refractivity contribution in [2.75, 3.05) is 18.1 Å². The van der Waals surface area contributed by atoms with Gasteiger partial charge in [-0.1, -0.05) is 54.1 Å². The Kier molecular flexibility index (Phi) is 5.58. The molecule has 0 N–H and O–H groups in total. The van der Waals surface area contributed by atoms with Crippen LogP contribution in [0, 0.1) is 0 Å². The molecule has 0 bridgehead atoms. The SMILES string of the molecule is CCOc1ccccc1N1CC(c2nc3ccccc3n2Cc2ccccc2Cl)CC1=O. The van der Waals surface area contributed by atoms with Crippen molar-refractivity contribution in [3.05, 3.63) is 89.2 Å². The number of carbonyl (C=O) groups excluding carboxylic acids is 1. The fraction of sp³-hybridized carbons (Fsp3) is 0.231. The van der Waals surface area contributed by atoms with Gasteiger partial charge in [-0.3, -0.25) is 4.79 Å². The average molecular weight is 446 g/mol. The van der Waals surface area contributed by atoms with Crippen molar-refractivity contribution in [3.8, 4) is 5.75 Å². The number of anilines is 1. The van der Waals surface area contributed by atoms with E-state index < -0.39 is 0 Å². The molecule has 2 heterocycles. The van der Waals surface area contributed by atoms with Crippen molar-refractivity contribution in [1.82, 2.24) is 9.55 Å². The number of carbonyl (C=O) groups is 1. The first-order valence-corrected chi connectivity index (χ1v) is 11.2. The zero-order valence-corrected chi connectivity index (χ0v) is 18.6. The molecule has 0 aliphatic carbocycles. The molecular weight excluding hydrogens is 422 g/mol. The van der Waals surface area contributed by atoms with Crippen LogP contribution >= 0.6 is 11.6 Å². The van der Waals surface area contributed by atoms with Gasteiger partial charge in [0, 0.05) is 23.9 Å². The number of rotatable bonds is 6. The Hall–Kier alpha value is -3.31. The van der Waals surface area contributed by atoms with Gasteiger partial charge >= 0.3 is 0 Å². The summed E-state index contributed by atoms with van der Waals surface area (Å²) in [5, 5.41) is 0.728. The van der Waals surface area contributed by atoms with Crippen molar-refractivity contribution in [3.63, 3.8) is 0 Å². The summed E-state index contributed by atoms with van der Waals surface area (Å²) in [6, 6.07) is 23.7. The lowest BCUT2D eigenvalue weighted by Crippen LogP contribution is -2.25. The molecule has 3 aromatic carbocycles. The van der Waals surface area contributed by atoms with Gasteiger partial charge in [0.15, 0.2) is 0 Å². The Bertz CT molecular complexity index is 1280. The number of benzene rings is 3. The first-order valence-electron chi connectivity index (χ1n) is 10.9. The summed E-state index contributed by atoms with van der Waals surface area (Å²) >= 11 is 6.47. The Labute approximate surface area is 192 Å². The lowest BCUT2D eigenvalue weighted by molar-refractivity contribution is -0.117. The quantitative estimate of drug-likeness (QED) is 0.385. The number of imidazole rings is 1. The Balaban J connectivity index is 1.53. The molecule has 1 amide bonds. The van der Waals surface area contributed by atoms with Crippen LogP contribution in [-0.2, 0) is 11.3 Å². The molecule has 4 aromatic rings. The first-order chi connectivity index (χ1) is 15.7. The molecule has 162 valence electrons. The number of hydrogen-bond acceptors (Lipinski definition) is 3. The third kappa shape index (κ3) is 3.73. The minimum atomic E-state index is -0.0212. The molecule has 32 heavy (non-hydrogen) atoms. The maximum absolute atomic E-state index is 13.1. The fourth-order valence-corrected chi connectivity index (χ4v) is 4.64. The van der Waals surface area contributed by atoms with Gasteiger partial charge in [0.2, 0.25) is 5.91 Å². The zero-order valence-electron chi connectivity index (χ0n) is 17.9. The minimum absolute atomic E-state index is 0.0212.